The molecule has 0 aliphatic carbocycles. The molecular formula is C25H26ClN5O4. The van der Waals surface area contributed by atoms with Crippen LogP contribution in [-0.2, 0) is 13.3 Å². The Bertz CT molecular complexity index is 1290. The molecule has 4 rings (SSSR count). The molecule has 0 spiro atoms. The third-order valence-corrected chi connectivity index (χ3v) is 5.22. The number of hydrogen-bond acceptors (Lipinski definition) is 6. The Kier molecular flexibility index (Phi) is 7.89. The van der Waals surface area contributed by atoms with Crippen molar-refractivity contribution in [2.45, 2.75) is 27.1 Å². The van der Waals surface area contributed by atoms with Crippen LogP contribution in [0.25, 0.3) is 0 Å². The SMILES string of the molecule is CCOc1ccc(Cn2cc(NC(=O)c3ccn(COc4ccccc4Cl)n3)cn2)cc1OCC. The minimum Gasteiger partial charge on any atom is -0.490 e. The minimum atomic E-state index is -0.347. The Labute approximate surface area is 208 Å². The van der Waals surface area contributed by atoms with Gasteiger partial charge in [0.2, 0.25) is 0 Å². The number of hydrogen-bond donors (Lipinski definition) is 1. The molecule has 1 N–H and O–H groups in total. The second-order valence-electron chi connectivity index (χ2n) is 7.47. The van der Waals surface area contributed by atoms with Gasteiger partial charge in [-0.1, -0.05) is 29.8 Å². The maximum atomic E-state index is 12.6. The van der Waals surface area contributed by atoms with Gasteiger partial charge in [-0.3, -0.25) is 9.48 Å². The van der Waals surface area contributed by atoms with E-state index in [0.717, 1.165) is 5.56 Å². The van der Waals surface area contributed by atoms with E-state index in [1.165, 1.54) is 4.68 Å². The molecule has 0 bridgehead atoms. The quantitative estimate of drug-likeness (QED) is 0.319. The van der Waals surface area contributed by atoms with E-state index in [1.807, 2.05) is 44.2 Å². The molecule has 1 amide bonds. The van der Waals surface area contributed by atoms with Crippen LogP contribution in [0.15, 0.2) is 67.1 Å². The summed E-state index contributed by atoms with van der Waals surface area (Å²) in [4.78, 5) is 12.6. The Hall–Kier alpha value is -3.98. The molecule has 0 fully saturated rings. The van der Waals surface area contributed by atoms with Gasteiger partial charge in [0.05, 0.1) is 36.7 Å². The first-order valence-electron chi connectivity index (χ1n) is 11.2. The second-order valence-corrected chi connectivity index (χ2v) is 7.88. The summed E-state index contributed by atoms with van der Waals surface area (Å²) in [5.41, 5.74) is 1.82. The van der Waals surface area contributed by atoms with Crippen LogP contribution in [0, 0.1) is 0 Å². The number of para-hydroxylation sites is 1. The van der Waals surface area contributed by atoms with Crippen molar-refractivity contribution < 1.29 is 19.0 Å². The van der Waals surface area contributed by atoms with Crippen molar-refractivity contribution in [1.82, 2.24) is 19.6 Å². The highest BCUT2D eigenvalue weighted by atomic mass is 35.5. The van der Waals surface area contributed by atoms with Crippen LogP contribution >= 0.6 is 11.6 Å². The Balaban J connectivity index is 1.35. The van der Waals surface area contributed by atoms with E-state index >= 15 is 0 Å². The Morgan fingerprint density at radius 3 is 2.57 bits per heavy atom. The van der Waals surface area contributed by atoms with E-state index in [4.69, 9.17) is 25.8 Å². The molecule has 2 heterocycles. The second kappa shape index (κ2) is 11.4. The highest BCUT2D eigenvalue weighted by molar-refractivity contribution is 6.32. The van der Waals surface area contributed by atoms with Gasteiger partial charge in [-0.25, -0.2) is 4.68 Å². The lowest BCUT2D eigenvalue weighted by atomic mass is 10.2. The molecule has 0 radical (unpaired) electrons. The fourth-order valence-electron chi connectivity index (χ4n) is 3.34. The van der Waals surface area contributed by atoms with Crippen LogP contribution in [0.2, 0.25) is 5.02 Å². The number of carbonyl (C=O) groups excluding carboxylic acids is 1. The van der Waals surface area contributed by atoms with E-state index in [9.17, 15) is 4.79 Å². The summed E-state index contributed by atoms with van der Waals surface area (Å²) in [7, 11) is 0. The number of benzene rings is 2. The van der Waals surface area contributed by atoms with Crippen LogP contribution in [0.4, 0.5) is 5.69 Å². The third-order valence-electron chi connectivity index (χ3n) is 4.91. The highest BCUT2D eigenvalue weighted by Crippen LogP contribution is 2.29. The number of nitrogens with one attached hydrogen (secondary N) is 1. The molecule has 0 atom stereocenters. The first kappa shape index (κ1) is 24.2. The fourth-order valence-corrected chi connectivity index (χ4v) is 3.53. The van der Waals surface area contributed by atoms with Gasteiger partial charge in [-0.15, -0.1) is 0 Å². The number of rotatable bonds is 11. The van der Waals surface area contributed by atoms with Crippen molar-refractivity contribution >= 4 is 23.2 Å². The zero-order valence-corrected chi connectivity index (χ0v) is 20.2. The maximum Gasteiger partial charge on any atom is 0.276 e. The fraction of sp³-hybridized carbons (Fsp3) is 0.240. The van der Waals surface area contributed by atoms with E-state index in [-0.39, 0.29) is 18.3 Å². The summed E-state index contributed by atoms with van der Waals surface area (Å²) >= 11 is 6.09. The van der Waals surface area contributed by atoms with Gasteiger partial charge in [0.15, 0.2) is 23.9 Å². The lowest BCUT2D eigenvalue weighted by Gasteiger charge is -2.12. The minimum absolute atomic E-state index is 0.126. The summed E-state index contributed by atoms with van der Waals surface area (Å²) in [5, 5.41) is 11.9. The normalized spacial score (nSPS) is 10.7. The third kappa shape index (κ3) is 6.33. The van der Waals surface area contributed by atoms with E-state index in [2.05, 4.69) is 15.5 Å². The molecule has 0 aliphatic rings. The summed E-state index contributed by atoms with van der Waals surface area (Å²) in [6.45, 7) is 5.61. The van der Waals surface area contributed by atoms with Gasteiger partial charge in [-0.2, -0.15) is 10.2 Å². The molecule has 0 saturated heterocycles. The van der Waals surface area contributed by atoms with Crippen molar-refractivity contribution in [3.8, 4) is 17.2 Å². The van der Waals surface area contributed by atoms with Gasteiger partial charge in [0.25, 0.3) is 5.91 Å². The molecule has 0 saturated carbocycles. The predicted octanol–water partition coefficient (Wildman–Crippen LogP) is 4.87. The zero-order chi connectivity index (χ0) is 24.6. The molecule has 10 heteroatoms. The topological polar surface area (TPSA) is 92.4 Å². The molecule has 2 aromatic carbocycles. The van der Waals surface area contributed by atoms with Crippen LogP contribution in [0.3, 0.4) is 0 Å². The number of amides is 1. The van der Waals surface area contributed by atoms with E-state index < -0.39 is 0 Å². The van der Waals surface area contributed by atoms with Crippen molar-refractivity contribution in [3.63, 3.8) is 0 Å². The van der Waals surface area contributed by atoms with E-state index in [0.29, 0.717) is 47.7 Å². The number of aromatic nitrogens is 4. The first-order chi connectivity index (χ1) is 17.1. The molecule has 182 valence electrons. The van der Waals surface area contributed by atoms with Crippen LogP contribution in [-0.4, -0.2) is 38.7 Å². The van der Waals surface area contributed by atoms with Crippen molar-refractivity contribution in [2.24, 2.45) is 0 Å². The molecule has 4 aromatic rings. The molecule has 9 nitrogen and oxygen atoms in total. The van der Waals surface area contributed by atoms with Gasteiger partial charge in [0.1, 0.15) is 5.75 Å². The standard InChI is InChI=1S/C25H26ClN5O4/c1-3-33-23-10-9-18(13-24(23)34-4-2)15-31-16-19(14-27-31)28-25(32)21-11-12-30(29-21)17-35-22-8-6-5-7-20(22)26/h5-14,16H,3-4,15,17H2,1-2H3,(H,28,32). The first-order valence-corrected chi connectivity index (χ1v) is 11.6. The number of anilines is 1. The van der Waals surface area contributed by atoms with Gasteiger partial charge in [0, 0.05) is 12.4 Å². The van der Waals surface area contributed by atoms with Gasteiger partial charge >= 0.3 is 0 Å². The van der Waals surface area contributed by atoms with Gasteiger partial charge < -0.3 is 19.5 Å². The lowest BCUT2D eigenvalue weighted by Crippen LogP contribution is -2.14. The van der Waals surface area contributed by atoms with E-state index in [1.54, 1.807) is 41.5 Å². The molecule has 0 unspecified atom stereocenters. The van der Waals surface area contributed by atoms with Crippen molar-refractivity contribution in [3.05, 3.63) is 83.4 Å². The summed E-state index contributed by atoms with van der Waals surface area (Å²) in [5.74, 6) is 1.61. The summed E-state index contributed by atoms with van der Waals surface area (Å²) in [6, 6.07) is 14.6. The Morgan fingerprint density at radius 1 is 0.971 bits per heavy atom. The highest BCUT2D eigenvalue weighted by Gasteiger charge is 2.12. The average molecular weight is 496 g/mol. The lowest BCUT2D eigenvalue weighted by molar-refractivity contribution is 0.102. The monoisotopic (exact) mass is 495 g/mol. The number of carbonyl (C=O) groups is 1. The van der Waals surface area contributed by atoms with Crippen LogP contribution in [0.5, 0.6) is 17.2 Å². The molecule has 0 aliphatic heterocycles. The molecular weight excluding hydrogens is 470 g/mol. The Morgan fingerprint density at radius 2 is 1.77 bits per heavy atom. The average Bonchev–Trinajstić information content (AvgIpc) is 3.50. The van der Waals surface area contributed by atoms with Gasteiger partial charge in [-0.05, 0) is 49.7 Å². The molecule has 35 heavy (non-hydrogen) atoms. The number of ether oxygens (including phenoxy) is 3. The zero-order valence-electron chi connectivity index (χ0n) is 19.5. The van der Waals surface area contributed by atoms with Crippen LogP contribution in [0.1, 0.15) is 29.9 Å². The predicted molar refractivity (Wildman–Crippen MR) is 132 cm³/mol. The van der Waals surface area contributed by atoms with Crippen molar-refractivity contribution in [2.75, 3.05) is 18.5 Å². The summed E-state index contributed by atoms with van der Waals surface area (Å²) < 4.78 is 20.2. The number of nitrogens with zero attached hydrogens (tertiary/aromatic N) is 4. The van der Waals surface area contributed by atoms with Crippen LogP contribution < -0.4 is 19.5 Å². The van der Waals surface area contributed by atoms with Crippen molar-refractivity contribution in [1.29, 1.82) is 0 Å². The molecule has 2 aromatic heterocycles. The summed E-state index contributed by atoms with van der Waals surface area (Å²) in [6.07, 6.45) is 5.01. The smallest absolute Gasteiger partial charge is 0.276 e. The largest absolute Gasteiger partial charge is 0.490 e. The maximum absolute atomic E-state index is 12.6. The number of halogens is 1.